The molecule has 2 amide bonds. The molecule has 1 heterocycles. The van der Waals surface area contributed by atoms with Crippen LogP contribution in [0.15, 0.2) is 48.5 Å². The van der Waals surface area contributed by atoms with Crippen LogP contribution in [0.4, 0.5) is 4.79 Å². The van der Waals surface area contributed by atoms with E-state index in [1.54, 1.807) is 20.8 Å². The Morgan fingerprint density at radius 2 is 1.77 bits per heavy atom. The summed E-state index contributed by atoms with van der Waals surface area (Å²) in [5, 5.41) is 5.59. The quantitative estimate of drug-likeness (QED) is 0.726. The summed E-state index contributed by atoms with van der Waals surface area (Å²) in [5.74, 6) is 1.08. The molecule has 2 N–H and O–H groups in total. The van der Waals surface area contributed by atoms with E-state index in [4.69, 9.17) is 14.2 Å². The molecular weight excluding hydrogens is 384 g/mol. The van der Waals surface area contributed by atoms with E-state index in [1.807, 2.05) is 48.5 Å². The van der Waals surface area contributed by atoms with Gasteiger partial charge in [0.15, 0.2) is 11.5 Å². The Kier molecular flexibility index (Phi) is 6.82. The van der Waals surface area contributed by atoms with E-state index in [1.165, 1.54) is 0 Å². The molecular formula is C23H28N2O5. The van der Waals surface area contributed by atoms with E-state index in [-0.39, 0.29) is 12.7 Å². The molecule has 30 heavy (non-hydrogen) atoms. The van der Waals surface area contributed by atoms with Crippen LogP contribution in [-0.4, -0.2) is 30.4 Å². The Hall–Kier alpha value is -3.22. The van der Waals surface area contributed by atoms with Gasteiger partial charge in [-0.3, -0.25) is 4.79 Å². The molecule has 0 unspecified atom stereocenters. The average molecular weight is 412 g/mol. The van der Waals surface area contributed by atoms with E-state index in [2.05, 4.69) is 10.6 Å². The molecule has 0 bridgehead atoms. The molecule has 1 atom stereocenters. The second kappa shape index (κ2) is 9.52. The number of hydrogen-bond acceptors (Lipinski definition) is 5. The number of carbonyl (C=O) groups excluding carboxylic acids is 2. The first-order valence-electron chi connectivity index (χ1n) is 10.00. The zero-order valence-electron chi connectivity index (χ0n) is 17.6. The minimum Gasteiger partial charge on any atom is -0.454 e. The Morgan fingerprint density at radius 3 is 2.50 bits per heavy atom. The number of aryl methyl sites for hydroxylation is 1. The zero-order chi connectivity index (χ0) is 21.6. The molecule has 160 valence electrons. The maximum absolute atomic E-state index is 12.8. The molecule has 0 aliphatic carbocycles. The lowest BCUT2D eigenvalue weighted by atomic mass is 10.0. The molecule has 7 heteroatoms. The van der Waals surface area contributed by atoms with Crippen molar-refractivity contribution in [2.24, 2.45) is 0 Å². The van der Waals surface area contributed by atoms with Crippen LogP contribution in [0.3, 0.4) is 0 Å². The van der Waals surface area contributed by atoms with Crippen LogP contribution in [0, 0.1) is 0 Å². The van der Waals surface area contributed by atoms with E-state index in [0.717, 1.165) is 11.1 Å². The van der Waals surface area contributed by atoms with Crippen molar-refractivity contribution >= 4 is 12.0 Å². The summed E-state index contributed by atoms with van der Waals surface area (Å²) in [4.78, 5) is 25.1. The fraction of sp³-hybridized carbons (Fsp3) is 0.391. The standard InChI is InChI=1S/C23H28N2O5/c1-23(2,3)30-22(27)25-18(11-9-16-7-5-4-6-8-16)21(26)24-14-17-10-12-19-20(13-17)29-15-28-19/h4-8,10,12-13,18H,9,11,14-15H2,1-3H3,(H,24,26)(H,25,27)/t18-/m1/s1. The Morgan fingerprint density at radius 1 is 1.03 bits per heavy atom. The molecule has 0 saturated carbocycles. The van der Waals surface area contributed by atoms with Gasteiger partial charge < -0.3 is 24.8 Å². The zero-order valence-corrected chi connectivity index (χ0v) is 17.6. The molecule has 0 spiro atoms. The van der Waals surface area contributed by atoms with E-state index < -0.39 is 17.7 Å². The number of alkyl carbamates (subject to hydrolysis) is 1. The summed E-state index contributed by atoms with van der Waals surface area (Å²) in [5.41, 5.74) is 1.33. The number of ether oxygens (including phenoxy) is 3. The third kappa shape index (κ3) is 6.40. The van der Waals surface area contributed by atoms with Gasteiger partial charge in [-0.2, -0.15) is 0 Å². The lowest BCUT2D eigenvalue weighted by Crippen LogP contribution is -2.48. The van der Waals surface area contributed by atoms with Crippen LogP contribution in [-0.2, 0) is 22.5 Å². The largest absolute Gasteiger partial charge is 0.454 e. The van der Waals surface area contributed by atoms with Crippen molar-refractivity contribution in [3.8, 4) is 11.5 Å². The van der Waals surface area contributed by atoms with Crippen molar-refractivity contribution in [1.29, 1.82) is 0 Å². The van der Waals surface area contributed by atoms with Gasteiger partial charge in [0.2, 0.25) is 12.7 Å². The van der Waals surface area contributed by atoms with Crippen molar-refractivity contribution in [3.05, 3.63) is 59.7 Å². The Labute approximate surface area is 176 Å². The van der Waals surface area contributed by atoms with E-state index >= 15 is 0 Å². The highest BCUT2D eigenvalue weighted by molar-refractivity contribution is 5.85. The first-order valence-corrected chi connectivity index (χ1v) is 10.00. The van der Waals surface area contributed by atoms with Crippen LogP contribution < -0.4 is 20.1 Å². The molecule has 2 aromatic rings. The highest BCUT2D eigenvalue weighted by Crippen LogP contribution is 2.32. The maximum Gasteiger partial charge on any atom is 0.408 e. The normalized spacial score (nSPS) is 13.4. The number of nitrogens with one attached hydrogen (secondary N) is 2. The van der Waals surface area contributed by atoms with Gasteiger partial charge >= 0.3 is 6.09 Å². The smallest absolute Gasteiger partial charge is 0.408 e. The monoisotopic (exact) mass is 412 g/mol. The van der Waals surface area contributed by atoms with Gasteiger partial charge in [0, 0.05) is 6.54 Å². The van der Waals surface area contributed by atoms with Crippen LogP contribution in [0.1, 0.15) is 38.3 Å². The summed E-state index contributed by atoms with van der Waals surface area (Å²) < 4.78 is 16.0. The van der Waals surface area contributed by atoms with Gasteiger partial charge in [-0.05, 0) is 56.9 Å². The van der Waals surface area contributed by atoms with E-state index in [0.29, 0.717) is 30.9 Å². The Bertz CT molecular complexity index is 877. The fourth-order valence-corrected chi connectivity index (χ4v) is 3.04. The van der Waals surface area contributed by atoms with Gasteiger partial charge in [0.25, 0.3) is 0 Å². The average Bonchev–Trinajstić information content (AvgIpc) is 3.16. The molecule has 3 rings (SSSR count). The van der Waals surface area contributed by atoms with Crippen molar-refractivity contribution in [1.82, 2.24) is 10.6 Å². The number of amides is 2. The molecule has 1 aliphatic heterocycles. The van der Waals surface area contributed by atoms with Crippen molar-refractivity contribution in [2.45, 2.75) is 51.8 Å². The van der Waals surface area contributed by atoms with Crippen LogP contribution in [0.5, 0.6) is 11.5 Å². The number of benzene rings is 2. The predicted octanol–water partition coefficient (Wildman–Crippen LogP) is 3.56. The first-order chi connectivity index (χ1) is 14.3. The third-order valence-corrected chi connectivity index (χ3v) is 4.48. The van der Waals surface area contributed by atoms with Gasteiger partial charge in [-0.1, -0.05) is 36.4 Å². The van der Waals surface area contributed by atoms with Gasteiger partial charge in [0.1, 0.15) is 11.6 Å². The Balaban J connectivity index is 1.61. The van der Waals surface area contributed by atoms with Gasteiger partial charge in [0.05, 0.1) is 0 Å². The van der Waals surface area contributed by atoms with Crippen molar-refractivity contribution in [3.63, 3.8) is 0 Å². The second-order valence-electron chi connectivity index (χ2n) is 8.13. The molecule has 7 nitrogen and oxygen atoms in total. The minimum absolute atomic E-state index is 0.201. The van der Waals surface area contributed by atoms with E-state index in [9.17, 15) is 9.59 Å². The predicted molar refractivity (Wildman–Crippen MR) is 112 cm³/mol. The number of carbonyl (C=O) groups is 2. The topological polar surface area (TPSA) is 85.9 Å². The molecule has 0 fully saturated rings. The number of rotatable bonds is 7. The third-order valence-electron chi connectivity index (χ3n) is 4.48. The summed E-state index contributed by atoms with van der Waals surface area (Å²) in [7, 11) is 0. The van der Waals surface area contributed by atoms with Crippen LogP contribution in [0.25, 0.3) is 0 Å². The lowest BCUT2D eigenvalue weighted by molar-refractivity contribution is -0.123. The van der Waals surface area contributed by atoms with Crippen molar-refractivity contribution < 1.29 is 23.8 Å². The fourth-order valence-electron chi connectivity index (χ4n) is 3.04. The molecule has 0 aromatic heterocycles. The molecule has 0 radical (unpaired) electrons. The lowest BCUT2D eigenvalue weighted by Gasteiger charge is -2.23. The van der Waals surface area contributed by atoms with Gasteiger partial charge in [-0.15, -0.1) is 0 Å². The first kappa shape index (κ1) is 21.5. The van der Waals surface area contributed by atoms with Crippen molar-refractivity contribution in [2.75, 3.05) is 6.79 Å². The van der Waals surface area contributed by atoms with Crippen LogP contribution in [0.2, 0.25) is 0 Å². The summed E-state index contributed by atoms with van der Waals surface area (Å²) in [6.07, 6.45) is 0.494. The minimum atomic E-state index is -0.714. The number of hydrogen-bond donors (Lipinski definition) is 2. The highest BCUT2D eigenvalue weighted by Gasteiger charge is 2.24. The highest BCUT2D eigenvalue weighted by atomic mass is 16.7. The van der Waals surface area contributed by atoms with Gasteiger partial charge in [-0.25, -0.2) is 4.79 Å². The summed E-state index contributed by atoms with van der Waals surface area (Å²) >= 11 is 0. The SMILES string of the molecule is CC(C)(C)OC(=O)N[C@H](CCc1ccccc1)C(=O)NCc1ccc2c(c1)OCO2. The summed E-state index contributed by atoms with van der Waals surface area (Å²) in [6, 6.07) is 14.6. The molecule has 1 aliphatic rings. The number of fused-ring (bicyclic) bond motifs is 1. The molecule has 2 aromatic carbocycles. The van der Waals surface area contributed by atoms with Crippen LogP contribution >= 0.6 is 0 Å². The second-order valence-corrected chi connectivity index (χ2v) is 8.13. The molecule has 0 saturated heterocycles. The summed E-state index contributed by atoms with van der Waals surface area (Å²) in [6.45, 7) is 5.86. The maximum atomic E-state index is 12.8.